The second-order valence-corrected chi connectivity index (χ2v) is 3.97. The van der Waals surface area contributed by atoms with E-state index in [1.165, 1.54) is 12.0 Å². The molecule has 0 saturated heterocycles. The molecule has 1 saturated carbocycles. The van der Waals surface area contributed by atoms with E-state index in [0.29, 0.717) is 5.92 Å². The number of hydrogen-bond acceptors (Lipinski definition) is 1. The van der Waals surface area contributed by atoms with Crippen molar-refractivity contribution in [2.75, 3.05) is 0 Å². The van der Waals surface area contributed by atoms with Gasteiger partial charge in [0.15, 0.2) is 5.78 Å². The third kappa shape index (κ3) is 0.619. The Morgan fingerprint density at radius 3 is 3.17 bits per heavy atom. The number of allylic oxidation sites excluding steroid dienone is 6. The van der Waals surface area contributed by atoms with Gasteiger partial charge in [0.05, 0.1) is 0 Å². The van der Waals surface area contributed by atoms with Crippen molar-refractivity contribution in [2.45, 2.75) is 12.8 Å². The van der Waals surface area contributed by atoms with Gasteiger partial charge in [-0.05, 0) is 30.9 Å². The van der Waals surface area contributed by atoms with Crippen LogP contribution in [-0.4, -0.2) is 5.78 Å². The van der Waals surface area contributed by atoms with Gasteiger partial charge in [0.1, 0.15) is 0 Å². The lowest BCUT2D eigenvalue weighted by molar-refractivity contribution is -0.110. The molecule has 1 nitrogen and oxygen atoms in total. The van der Waals surface area contributed by atoms with Crippen molar-refractivity contribution in [1.82, 2.24) is 0 Å². The maximum Gasteiger partial charge on any atom is 0.178 e. The van der Waals surface area contributed by atoms with Gasteiger partial charge in [-0.15, -0.1) is 0 Å². The highest BCUT2D eigenvalue weighted by Crippen LogP contribution is 2.54. The molecule has 2 atom stereocenters. The Labute approximate surface area is 71.5 Å². The summed E-state index contributed by atoms with van der Waals surface area (Å²) in [4.78, 5) is 11.1. The van der Waals surface area contributed by atoms with E-state index in [1.807, 2.05) is 6.08 Å². The van der Waals surface area contributed by atoms with Crippen LogP contribution in [0.5, 0.6) is 0 Å². The molecule has 2 unspecified atom stereocenters. The molecule has 3 aliphatic rings. The van der Waals surface area contributed by atoms with Crippen LogP contribution in [0.25, 0.3) is 0 Å². The first-order valence-electron chi connectivity index (χ1n) is 4.42. The predicted octanol–water partition coefficient (Wildman–Crippen LogP) is 2.02. The topological polar surface area (TPSA) is 17.1 Å². The Bertz CT molecular complexity index is 346. The zero-order valence-electron chi connectivity index (χ0n) is 6.79. The molecule has 1 fully saturated rings. The molecule has 1 heteroatoms. The molecule has 0 heterocycles. The lowest BCUT2D eigenvalue weighted by Gasteiger charge is -2.24. The van der Waals surface area contributed by atoms with Crippen LogP contribution >= 0.6 is 0 Å². The minimum atomic E-state index is 0.163. The summed E-state index contributed by atoms with van der Waals surface area (Å²) in [5, 5.41) is 0. The van der Waals surface area contributed by atoms with Crippen molar-refractivity contribution in [3.63, 3.8) is 0 Å². The first-order valence-corrected chi connectivity index (χ1v) is 4.42. The van der Waals surface area contributed by atoms with Crippen LogP contribution in [0, 0.1) is 11.3 Å². The number of carbonyl (C=O) groups is 1. The van der Waals surface area contributed by atoms with Gasteiger partial charge in [-0.1, -0.05) is 23.8 Å². The molecular formula is C11H10O. The Hall–Kier alpha value is -1.11. The van der Waals surface area contributed by atoms with E-state index in [-0.39, 0.29) is 11.2 Å². The van der Waals surface area contributed by atoms with Crippen LogP contribution in [0.2, 0.25) is 0 Å². The van der Waals surface area contributed by atoms with Crippen LogP contribution < -0.4 is 0 Å². The summed E-state index contributed by atoms with van der Waals surface area (Å²) in [6.07, 6.45) is 12.5. The Kier molecular flexibility index (Phi) is 0.957. The standard InChI is InChI=1S/C11H10O/c12-10-2-4-11-3-1-8(7-11)5-9(11)6-10/h1-4,6,8H,5,7H2. The van der Waals surface area contributed by atoms with Crippen molar-refractivity contribution >= 4 is 5.78 Å². The molecule has 0 aliphatic heterocycles. The summed E-state index contributed by atoms with van der Waals surface area (Å²) in [5.41, 5.74) is 1.50. The van der Waals surface area contributed by atoms with Crippen LogP contribution in [0.15, 0.2) is 36.0 Å². The zero-order valence-corrected chi connectivity index (χ0v) is 6.79. The average Bonchev–Trinajstić information content (AvgIpc) is 2.58. The molecule has 0 radical (unpaired) electrons. The van der Waals surface area contributed by atoms with E-state index in [1.54, 1.807) is 6.08 Å². The molecule has 0 N–H and O–H groups in total. The molecule has 0 aromatic heterocycles. The van der Waals surface area contributed by atoms with Crippen LogP contribution in [0.1, 0.15) is 12.8 Å². The van der Waals surface area contributed by atoms with Gasteiger partial charge in [0.25, 0.3) is 0 Å². The summed E-state index contributed by atoms with van der Waals surface area (Å²) in [6.45, 7) is 0. The van der Waals surface area contributed by atoms with E-state index >= 15 is 0 Å². The molecule has 0 amide bonds. The second-order valence-electron chi connectivity index (χ2n) is 3.97. The van der Waals surface area contributed by atoms with E-state index in [0.717, 1.165) is 6.42 Å². The van der Waals surface area contributed by atoms with Gasteiger partial charge in [0.2, 0.25) is 0 Å². The highest BCUT2D eigenvalue weighted by atomic mass is 16.1. The molecule has 3 aliphatic carbocycles. The highest BCUT2D eigenvalue weighted by Gasteiger charge is 2.44. The number of ketones is 1. The third-order valence-corrected chi connectivity index (χ3v) is 3.21. The van der Waals surface area contributed by atoms with Crippen LogP contribution in [-0.2, 0) is 4.79 Å². The molecular weight excluding hydrogens is 148 g/mol. The second kappa shape index (κ2) is 1.79. The van der Waals surface area contributed by atoms with Gasteiger partial charge >= 0.3 is 0 Å². The minimum absolute atomic E-state index is 0.163. The highest BCUT2D eigenvalue weighted by molar-refractivity contribution is 6.01. The molecule has 0 aromatic carbocycles. The third-order valence-electron chi connectivity index (χ3n) is 3.21. The molecule has 1 spiro atoms. The average molecular weight is 158 g/mol. The van der Waals surface area contributed by atoms with Crippen molar-refractivity contribution in [1.29, 1.82) is 0 Å². The fraction of sp³-hybridized carbons (Fsp3) is 0.364. The maximum atomic E-state index is 11.1. The van der Waals surface area contributed by atoms with Gasteiger partial charge in [-0.2, -0.15) is 0 Å². The monoisotopic (exact) mass is 158 g/mol. The SMILES string of the molecule is O=C1C=CC23C=CC(CC2=C1)C3. The lowest BCUT2D eigenvalue weighted by atomic mass is 9.79. The molecule has 2 bridgehead atoms. The largest absolute Gasteiger partial charge is 0.290 e. The summed E-state index contributed by atoms with van der Waals surface area (Å²) < 4.78 is 0. The summed E-state index contributed by atoms with van der Waals surface area (Å²) >= 11 is 0. The quantitative estimate of drug-likeness (QED) is 0.493. The van der Waals surface area contributed by atoms with Crippen LogP contribution in [0.3, 0.4) is 0 Å². The van der Waals surface area contributed by atoms with Gasteiger partial charge in [-0.25, -0.2) is 0 Å². The lowest BCUT2D eigenvalue weighted by Crippen LogP contribution is -2.16. The number of fused-ring (bicyclic) bond motifs is 1. The van der Waals surface area contributed by atoms with Crippen molar-refractivity contribution in [3.8, 4) is 0 Å². The predicted molar refractivity (Wildman–Crippen MR) is 46.5 cm³/mol. The minimum Gasteiger partial charge on any atom is -0.290 e. The van der Waals surface area contributed by atoms with Crippen LogP contribution in [0.4, 0.5) is 0 Å². The normalized spacial score (nSPS) is 41.8. The molecule has 3 rings (SSSR count). The van der Waals surface area contributed by atoms with Gasteiger partial charge < -0.3 is 0 Å². The molecule has 12 heavy (non-hydrogen) atoms. The number of carbonyl (C=O) groups excluding carboxylic acids is 1. The van der Waals surface area contributed by atoms with Crippen molar-refractivity contribution in [2.24, 2.45) is 11.3 Å². The first-order chi connectivity index (χ1) is 5.78. The summed E-state index contributed by atoms with van der Waals surface area (Å²) in [5.74, 6) is 0.864. The first kappa shape index (κ1) is 6.41. The van der Waals surface area contributed by atoms with Gasteiger partial charge in [0, 0.05) is 5.41 Å². The Morgan fingerprint density at radius 2 is 2.33 bits per heavy atom. The Balaban J connectivity index is 2.17. The fourth-order valence-electron chi connectivity index (χ4n) is 2.60. The van der Waals surface area contributed by atoms with E-state index in [4.69, 9.17) is 0 Å². The maximum absolute atomic E-state index is 11.1. The number of hydrogen-bond donors (Lipinski definition) is 0. The van der Waals surface area contributed by atoms with Gasteiger partial charge in [-0.3, -0.25) is 4.79 Å². The number of rotatable bonds is 0. The zero-order chi connectivity index (χ0) is 8.18. The molecule has 60 valence electrons. The summed E-state index contributed by atoms with van der Waals surface area (Å²) in [7, 11) is 0. The van der Waals surface area contributed by atoms with E-state index < -0.39 is 0 Å². The fourth-order valence-corrected chi connectivity index (χ4v) is 2.60. The smallest absolute Gasteiger partial charge is 0.178 e. The van der Waals surface area contributed by atoms with Crippen molar-refractivity contribution in [3.05, 3.63) is 36.0 Å². The van der Waals surface area contributed by atoms with E-state index in [2.05, 4.69) is 18.2 Å². The Morgan fingerprint density at radius 1 is 1.42 bits per heavy atom. The molecule has 0 aromatic rings. The van der Waals surface area contributed by atoms with Crippen molar-refractivity contribution < 1.29 is 4.79 Å². The summed E-state index contributed by atoms with van der Waals surface area (Å²) in [6, 6.07) is 0. The van der Waals surface area contributed by atoms with E-state index in [9.17, 15) is 4.79 Å².